The molecule has 1 aromatic heterocycles. The highest BCUT2D eigenvalue weighted by Crippen LogP contribution is 2.34. The summed E-state index contributed by atoms with van der Waals surface area (Å²) in [5, 5.41) is -0.293. The van der Waals surface area contributed by atoms with Gasteiger partial charge in [-0.1, -0.05) is 29.8 Å². The maximum absolute atomic E-state index is 11.3. The smallest absolute Gasteiger partial charge is 0.298 e. The molecule has 0 saturated heterocycles. The molecule has 0 fully saturated rings. The van der Waals surface area contributed by atoms with Crippen LogP contribution in [0.5, 0.6) is 0 Å². The number of anilines is 1. The van der Waals surface area contributed by atoms with Gasteiger partial charge in [-0.3, -0.25) is 4.55 Å². The number of hydrogen-bond donors (Lipinski definition) is 2. The molecule has 2 rings (SSSR count). The third-order valence-corrected chi connectivity index (χ3v) is 3.70. The Morgan fingerprint density at radius 2 is 1.83 bits per heavy atom. The van der Waals surface area contributed by atoms with Gasteiger partial charge in [0.2, 0.25) is 0 Å². The van der Waals surface area contributed by atoms with E-state index in [0.717, 1.165) is 0 Å². The van der Waals surface area contributed by atoms with Crippen LogP contribution in [0.3, 0.4) is 0 Å². The van der Waals surface area contributed by atoms with Crippen LogP contribution in [0.25, 0.3) is 11.1 Å². The summed E-state index contributed by atoms with van der Waals surface area (Å²) in [6.45, 7) is 0. The Balaban J connectivity index is 2.82. The van der Waals surface area contributed by atoms with Gasteiger partial charge in [-0.2, -0.15) is 8.42 Å². The number of para-hydroxylation sites is 1. The molecule has 0 aliphatic carbocycles. The SMILES string of the molecule is Nc1ccccc1-c1ccnc(Cl)c1S(=O)(=O)O. The number of benzene rings is 1. The number of nitrogens with zero attached hydrogens (tertiary/aromatic N) is 1. The average Bonchev–Trinajstić information content (AvgIpc) is 2.27. The van der Waals surface area contributed by atoms with Gasteiger partial charge in [0.25, 0.3) is 10.1 Å². The molecule has 0 bridgehead atoms. The number of rotatable bonds is 2. The van der Waals surface area contributed by atoms with Crippen LogP contribution < -0.4 is 5.73 Å². The fraction of sp³-hybridized carbons (Fsp3) is 0. The van der Waals surface area contributed by atoms with Crippen molar-refractivity contribution >= 4 is 27.4 Å². The van der Waals surface area contributed by atoms with E-state index >= 15 is 0 Å². The molecule has 0 atom stereocenters. The largest absolute Gasteiger partial charge is 0.398 e. The molecule has 3 N–H and O–H groups in total. The first-order chi connectivity index (χ1) is 8.41. The third-order valence-electron chi connectivity index (χ3n) is 2.37. The Morgan fingerprint density at radius 1 is 1.17 bits per heavy atom. The molecule has 18 heavy (non-hydrogen) atoms. The van der Waals surface area contributed by atoms with Gasteiger partial charge in [0.1, 0.15) is 4.90 Å². The zero-order valence-corrected chi connectivity index (χ0v) is 10.6. The Labute approximate surface area is 109 Å². The van der Waals surface area contributed by atoms with E-state index in [2.05, 4.69) is 4.98 Å². The number of halogens is 1. The van der Waals surface area contributed by atoms with Crippen LogP contribution in [-0.2, 0) is 10.1 Å². The minimum absolute atomic E-state index is 0.218. The van der Waals surface area contributed by atoms with Crippen molar-refractivity contribution in [3.05, 3.63) is 41.7 Å². The Kier molecular flexibility index (Phi) is 3.25. The first-order valence-electron chi connectivity index (χ1n) is 4.88. The van der Waals surface area contributed by atoms with E-state index in [1.807, 2.05) is 0 Å². The second-order valence-corrected chi connectivity index (χ2v) is 5.26. The highest BCUT2D eigenvalue weighted by Gasteiger charge is 2.22. The van der Waals surface area contributed by atoms with Crippen molar-refractivity contribution in [2.45, 2.75) is 4.90 Å². The van der Waals surface area contributed by atoms with Gasteiger partial charge in [-0.05, 0) is 12.1 Å². The third kappa shape index (κ3) is 2.31. The standard InChI is InChI=1S/C11H9ClN2O3S/c12-11-10(18(15,16)17)8(5-6-14-11)7-3-1-2-4-9(7)13/h1-6H,13H2,(H,15,16,17). The summed E-state index contributed by atoms with van der Waals surface area (Å²) in [6, 6.07) is 8.11. The van der Waals surface area contributed by atoms with Crippen molar-refractivity contribution in [3.8, 4) is 11.1 Å². The Morgan fingerprint density at radius 3 is 2.44 bits per heavy atom. The highest BCUT2D eigenvalue weighted by molar-refractivity contribution is 7.86. The fourth-order valence-corrected chi connectivity index (χ4v) is 2.79. The number of nitrogens with two attached hydrogens (primary N) is 1. The van der Waals surface area contributed by atoms with Crippen LogP contribution in [0.2, 0.25) is 5.15 Å². The predicted molar refractivity (Wildman–Crippen MR) is 68.9 cm³/mol. The monoisotopic (exact) mass is 284 g/mol. The maximum Gasteiger partial charge on any atom is 0.298 e. The highest BCUT2D eigenvalue weighted by atomic mass is 35.5. The summed E-state index contributed by atoms with van der Waals surface area (Å²) in [5.74, 6) is 0. The summed E-state index contributed by atoms with van der Waals surface area (Å²) < 4.78 is 31.9. The van der Waals surface area contributed by atoms with Crippen LogP contribution in [0.4, 0.5) is 5.69 Å². The fourth-order valence-electron chi connectivity index (χ4n) is 1.62. The van der Waals surface area contributed by atoms with Gasteiger partial charge in [0, 0.05) is 23.0 Å². The molecule has 0 radical (unpaired) electrons. The molecule has 0 amide bonds. The van der Waals surface area contributed by atoms with Crippen molar-refractivity contribution in [3.63, 3.8) is 0 Å². The minimum atomic E-state index is -4.48. The molecule has 0 aliphatic heterocycles. The second kappa shape index (κ2) is 4.56. The molecule has 0 spiro atoms. The van der Waals surface area contributed by atoms with Crippen LogP contribution >= 0.6 is 11.6 Å². The summed E-state index contributed by atoms with van der Waals surface area (Å²) in [7, 11) is -4.48. The van der Waals surface area contributed by atoms with E-state index in [0.29, 0.717) is 11.3 Å². The van der Waals surface area contributed by atoms with Crippen molar-refractivity contribution < 1.29 is 13.0 Å². The van der Waals surface area contributed by atoms with Gasteiger partial charge < -0.3 is 5.73 Å². The molecule has 1 heterocycles. The van der Waals surface area contributed by atoms with Crippen molar-refractivity contribution in [2.24, 2.45) is 0 Å². The summed E-state index contributed by atoms with van der Waals surface area (Å²) in [4.78, 5) is 3.21. The zero-order chi connectivity index (χ0) is 13.3. The molecule has 5 nitrogen and oxygen atoms in total. The second-order valence-electron chi connectivity index (χ2n) is 3.54. The van der Waals surface area contributed by atoms with Gasteiger partial charge >= 0.3 is 0 Å². The first kappa shape index (κ1) is 12.8. The van der Waals surface area contributed by atoms with E-state index in [1.165, 1.54) is 12.3 Å². The summed E-state index contributed by atoms with van der Waals surface area (Å²) >= 11 is 5.73. The molecule has 1 aromatic carbocycles. The van der Waals surface area contributed by atoms with Crippen molar-refractivity contribution in [1.82, 2.24) is 4.98 Å². The van der Waals surface area contributed by atoms with E-state index in [1.54, 1.807) is 24.3 Å². The molecular weight excluding hydrogens is 276 g/mol. The lowest BCUT2D eigenvalue weighted by atomic mass is 10.1. The van der Waals surface area contributed by atoms with E-state index in [4.69, 9.17) is 17.3 Å². The molecule has 0 unspecified atom stereocenters. The zero-order valence-electron chi connectivity index (χ0n) is 9.04. The lowest BCUT2D eigenvalue weighted by Crippen LogP contribution is -2.04. The van der Waals surface area contributed by atoms with Gasteiger partial charge in [0.05, 0.1) is 0 Å². The number of hydrogen-bond acceptors (Lipinski definition) is 4. The van der Waals surface area contributed by atoms with Gasteiger partial charge in [0.15, 0.2) is 5.15 Å². The normalized spacial score (nSPS) is 11.4. The topological polar surface area (TPSA) is 93.3 Å². The van der Waals surface area contributed by atoms with Crippen molar-refractivity contribution in [1.29, 1.82) is 0 Å². The Hall–Kier alpha value is -1.63. The van der Waals surface area contributed by atoms with E-state index in [-0.39, 0.29) is 10.7 Å². The predicted octanol–water partition coefficient (Wildman–Crippen LogP) is 2.23. The molecule has 0 saturated carbocycles. The van der Waals surface area contributed by atoms with E-state index < -0.39 is 15.0 Å². The Bertz CT molecular complexity index is 701. The van der Waals surface area contributed by atoms with Gasteiger partial charge in [-0.15, -0.1) is 0 Å². The van der Waals surface area contributed by atoms with Crippen molar-refractivity contribution in [2.75, 3.05) is 5.73 Å². The number of aromatic nitrogens is 1. The van der Waals surface area contributed by atoms with Crippen LogP contribution in [-0.4, -0.2) is 18.0 Å². The molecule has 94 valence electrons. The number of nitrogen functional groups attached to an aromatic ring is 1. The minimum Gasteiger partial charge on any atom is -0.398 e. The van der Waals surface area contributed by atoms with Crippen LogP contribution in [0.15, 0.2) is 41.4 Å². The lowest BCUT2D eigenvalue weighted by Gasteiger charge is -2.10. The van der Waals surface area contributed by atoms with E-state index in [9.17, 15) is 13.0 Å². The number of pyridine rings is 1. The average molecular weight is 285 g/mol. The van der Waals surface area contributed by atoms with Gasteiger partial charge in [-0.25, -0.2) is 4.98 Å². The first-order valence-corrected chi connectivity index (χ1v) is 6.70. The maximum atomic E-state index is 11.3. The molecule has 0 aliphatic rings. The van der Waals surface area contributed by atoms with Crippen LogP contribution in [0.1, 0.15) is 0 Å². The quantitative estimate of drug-likeness (QED) is 0.501. The lowest BCUT2D eigenvalue weighted by molar-refractivity contribution is 0.483. The van der Waals surface area contributed by atoms with Crippen LogP contribution in [0, 0.1) is 0 Å². The summed E-state index contributed by atoms with van der Waals surface area (Å²) in [5.41, 5.74) is 6.84. The molecule has 2 aromatic rings. The summed E-state index contributed by atoms with van der Waals surface area (Å²) in [6.07, 6.45) is 1.35. The molecular formula is C11H9ClN2O3S. The molecule has 7 heteroatoms.